The van der Waals surface area contributed by atoms with Gasteiger partial charge >= 0.3 is 0 Å². The Kier molecular flexibility index (Phi) is 4.45. The van der Waals surface area contributed by atoms with Gasteiger partial charge in [-0.3, -0.25) is 0 Å². The van der Waals surface area contributed by atoms with Gasteiger partial charge in [0.25, 0.3) is 0 Å². The summed E-state index contributed by atoms with van der Waals surface area (Å²) in [5.74, 6) is 0.903. The first-order valence-corrected chi connectivity index (χ1v) is 7.79. The molecule has 0 aliphatic heterocycles. The number of nitrogens with one attached hydrogen (secondary N) is 1. The van der Waals surface area contributed by atoms with Crippen molar-refractivity contribution >= 4 is 24.0 Å². The predicted molar refractivity (Wildman–Crippen MR) is 88.6 cm³/mol. The SMILES string of the molecule is CC1(C)[C@H]2CC[C@]1(C)[C@H](NCc1ccc(Cl)cc1)C2.Cl. The first-order valence-electron chi connectivity index (χ1n) is 7.41. The van der Waals surface area contributed by atoms with E-state index >= 15 is 0 Å². The first kappa shape index (κ1) is 16.1. The fourth-order valence-corrected chi connectivity index (χ4v) is 4.48. The normalized spacial score (nSPS) is 34.0. The van der Waals surface area contributed by atoms with Crippen molar-refractivity contribution < 1.29 is 0 Å². The van der Waals surface area contributed by atoms with Crippen LogP contribution in [-0.2, 0) is 6.54 Å². The lowest BCUT2D eigenvalue weighted by atomic mass is 9.69. The van der Waals surface area contributed by atoms with Gasteiger partial charge in [0.1, 0.15) is 0 Å². The Labute approximate surface area is 133 Å². The second-order valence-electron chi connectivity index (χ2n) is 7.17. The molecule has 0 saturated heterocycles. The maximum absolute atomic E-state index is 5.93. The second kappa shape index (κ2) is 5.51. The number of benzene rings is 1. The Morgan fingerprint density at radius 3 is 2.35 bits per heavy atom. The van der Waals surface area contributed by atoms with Crippen LogP contribution in [0.2, 0.25) is 5.02 Å². The molecule has 1 nitrogen and oxygen atoms in total. The van der Waals surface area contributed by atoms with Crippen LogP contribution in [0.15, 0.2) is 24.3 Å². The summed E-state index contributed by atoms with van der Waals surface area (Å²) in [4.78, 5) is 0. The Morgan fingerprint density at radius 1 is 1.20 bits per heavy atom. The van der Waals surface area contributed by atoms with Crippen molar-refractivity contribution in [3.05, 3.63) is 34.9 Å². The molecular weight excluding hydrogens is 289 g/mol. The van der Waals surface area contributed by atoms with Crippen molar-refractivity contribution in [2.24, 2.45) is 16.7 Å². The van der Waals surface area contributed by atoms with E-state index in [1.807, 2.05) is 12.1 Å². The lowest BCUT2D eigenvalue weighted by Gasteiger charge is -2.39. The molecule has 2 aliphatic rings. The molecule has 3 heteroatoms. The quantitative estimate of drug-likeness (QED) is 0.821. The molecule has 0 spiro atoms. The summed E-state index contributed by atoms with van der Waals surface area (Å²) in [6, 6.07) is 8.86. The van der Waals surface area contributed by atoms with Crippen LogP contribution in [0.25, 0.3) is 0 Å². The largest absolute Gasteiger partial charge is 0.309 e. The number of fused-ring (bicyclic) bond motifs is 2. The minimum Gasteiger partial charge on any atom is -0.309 e. The molecule has 3 rings (SSSR count). The predicted octanol–water partition coefficient (Wildman–Crippen LogP) is 5.07. The zero-order valence-electron chi connectivity index (χ0n) is 12.6. The third-order valence-electron chi connectivity index (χ3n) is 6.26. The molecular formula is C17H25Cl2N. The lowest BCUT2D eigenvalue weighted by Crippen LogP contribution is -2.44. The number of rotatable bonds is 3. The van der Waals surface area contributed by atoms with Crippen molar-refractivity contribution in [2.45, 2.75) is 52.6 Å². The molecule has 3 atom stereocenters. The fraction of sp³-hybridized carbons (Fsp3) is 0.647. The highest BCUT2D eigenvalue weighted by molar-refractivity contribution is 6.30. The molecule has 2 aliphatic carbocycles. The minimum absolute atomic E-state index is 0. The maximum Gasteiger partial charge on any atom is 0.0406 e. The summed E-state index contributed by atoms with van der Waals surface area (Å²) in [5.41, 5.74) is 2.28. The Balaban J connectivity index is 0.00000147. The van der Waals surface area contributed by atoms with Gasteiger partial charge in [0.05, 0.1) is 0 Å². The van der Waals surface area contributed by atoms with Crippen LogP contribution in [0.4, 0.5) is 0 Å². The van der Waals surface area contributed by atoms with Gasteiger partial charge in [0, 0.05) is 17.6 Å². The topological polar surface area (TPSA) is 12.0 Å². The van der Waals surface area contributed by atoms with E-state index in [9.17, 15) is 0 Å². The molecule has 112 valence electrons. The highest BCUT2D eigenvalue weighted by Gasteiger charge is 2.60. The van der Waals surface area contributed by atoms with Crippen molar-refractivity contribution in [3.63, 3.8) is 0 Å². The minimum atomic E-state index is 0. The van der Waals surface area contributed by atoms with Crippen molar-refractivity contribution in [1.29, 1.82) is 0 Å². The fourth-order valence-electron chi connectivity index (χ4n) is 4.36. The van der Waals surface area contributed by atoms with E-state index < -0.39 is 0 Å². The van der Waals surface area contributed by atoms with Gasteiger partial charge in [-0.2, -0.15) is 0 Å². The van der Waals surface area contributed by atoms with Gasteiger partial charge in [-0.1, -0.05) is 44.5 Å². The van der Waals surface area contributed by atoms with Gasteiger partial charge in [-0.15, -0.1) is 12.4 Å². The maximum atomic E-state index is 5.93. The van der Waals surface area contributed by atoms with Crippen LogP contribution in [0.3, 0.4) is 0 Å². The van der Waals surface area contributed by atoms with Crippen LogP contribution < -0.4 is 5.32 Å². The summed E-state index contributed by atoms with van der Waals surface area (Å²) >= 11 is 5.93. The third-order valence-corrected chi connectivity index (χ3v) is 6.51. The summed E-state index contributed by atoms with van der Waals surface area (Å²) < 4.78 is 0. The van der Waals surface area contributed by atoms with Gasteiger partial charge in [-0.25, -0.2) is 0 Å². The molecule has 0 aromatic heterocycles. The van der Waals surface area contributed by atoms with E-state index in [2.05, 4.69) is 38.2 Å². The third kappa shape index (κ3) is 2.38. The molecule has 2 bridgehead atoms. The molecule has 0 heterocycles. The highest BCUT2D eigenvalue weighted by Crippen LogP contribution is 2.65. The van der Waals surface area contributed by atoms with Crippen LogP contribution in [0, 0.1) is 16.7 Å². The summed E-state index contributed by atoms with van der Waals surface area (Å²) in [6.07, 6.45) is 4.14. The lowest BCUT2D eigenvalue weighted by molar-refractivity contribution is 0.120. The average Bonchev–Trinajstić information content (AvgIpc) is 2.71. The molecule has 0 amide bonds. The van der Waals surface area contributed by atoms with Crippen LogP contribution in [0.1, 0.15) is 45.6 Å². The highest BCUT2D eigenvalue weighted by atomic mass is 35.5. The molecule has 2 fully saturated rings. The summed E-state index contributed by atoms with van der Waals surface area (Å²) in [7, 11) is 0. The molecule has 0 radical (unpaired) electrons. The van der Waals surface area contributed by atoms with E-state index in [-0.39, 0.29) is 12.4 Å². The van der Waals surface area contributed by atoms with Gasteiger partial charge < -0.3 is 5.32 Å². The average molecular weight is 314 g/mol. The van der Waals surface area contributed by atoms with Crippen molar-refractivity contribution in [1.82, 2.24) is 5.32 Å². The van der Waals surface area contributed by atoms with E-state index in [4.69, 9.17) is 11.6 Å². The second-order valence-corrected chi connectivity index (χ2v) is 7.61. The van der Waals surface area contributed by atoms with Gasteiger partial charge in [0.15, 0.2) is 0 Å². The van der Waals surface area contributed by atoms with Gasteiger partial charge in [0.2, 0.25) is 0 Å². The number of hydrogen-bond donors (Lipinski definition) is 1. The van der Waals surface area contributed by atoms with Crippen molar-refractivity contribution in [2.75, 3.05) is 0 Å². The van der Waals surface area contributed by atoms with Crippen molar-refractivity contribution in [3.8, 4) is 0 Å². The monoisotopic (exact) mass is 313 g/mol. The molecule has 1 aromatic carbocycles. The molecule has 2 saturated carbocycles. The standard InChI is InChI=1S/C17H24ClN.ClH/c1-16(2)13-8-9-17(16,3)15(10-13)19-11-12-4-6-14(18)7-5-12;/h4-7,13,15,19H,8-11H2,1-3H3;1H/t13-,15+,17+;/m0./s1. The van der Waals surface area contributed by atoms with E-state index in [1.54, 1.807) is 0 Å². The zero-order valence-corrected chi connectivity index (χ0v) is 14.2. The van der Waals surface area contributed by atoms with Crippen LogP contribution >= 0.6 is 24.0 Å². The summed E-state index contributed by atoms with van der Waals surface area (Å²) in [6.45, 7) is 8.38. The number of halogens is 2. The molecule has 0 unspecified atom stereocenters. The molecule has 1 N–H and O–H groups in total. The first-order chi connectivity index (χ1) is 8.93. The Morgan fingerprint density at radius 2 is 1.85 bits per heavy atom. The Bertz CT molecular complexity index is 468. The molecule has 1 aromatic rings. The zero-order chi connectivity index (χ0) is 13.7. The Hall–Kier alpha value is -0.240. The van der Waals surface area contributed by atoms with E-state index in [0.29, 0.717) is 16.9 Å². The van der Waals surface area contributed by atoms with E-state index in [0.717, 1.165) is 17.5 Å². The van der Waals surface area contributed by atoms with E-state index in [1.165, 1.54) is 24.8 Å². The summed E-state index contributed by atoms with van der Waals surface area (Å²) in [5, 5.41) is 4.62. The van der Waals surface area contributed by atoms with Gasteiger partial charge in [-0.05, 0) is 53.7 Å². The number of hydrogen-bond acceptors (Lipinski definition) is 1. The van der Waals surface area contributed by atoms with Crippen LogP contribution in [-0.4, -0.2) is 6.04 Å². The smallest absolute Gasteiger partial charge is 0.0406 e. The molecule has 20 heavy (non-hydrogen) atoms. The van der Waals surface area contributed by atoms with Crippen LogP contribution in [0.5, 0.6) is 0 Å².